The fourth-order valence-electron chi connectivity index (χ4n) is 3.03. The van der Waals surface area contributed by atoms with Gasteiger partial charge in [-0.3, -0.25) is 9.59 Å². The monoisotopic (exact) mass is 309 g/mol. The molecule has 1 saturated heterocycles. The van der Waals surface area contributed by atoms with E-state index in [-0.39, 0.29) is 11.9 Å². The van der Waals surface area contributed by atoms with E-state index in [1.807, 2.05) is 23.3 Å². The number of nitrogens with zero attached hydrogens (tertiary/aromatic N) is 1. The predicted octanol–water partition coefficient (Wildman–Crippen LogP) is 3.47. The zero-order valence-electron chi connectivity index (χ0n) is 12.8. The molecule has 0 saturated carbocycles. The number of rotatable bonds is 4. The van der Waals surface area contributed by atoms with E-state index in [1.54, 1.807) is 11.3 Å². The molecule has 0 radical (unpaired) electrons. The second kappa shape index (κ2) is 6.60. The Kier molecular flexibility index (Phi) is 5.04. The lowest BCUT2D eigenvalue weighted by molar-refractivity contribution is -0.146. The van der Waals surface area contributed by atoms with Crippen molar-refractivity contribution in [2.75, 3.05) is 6.54 Å². The highest BCUT2D eigenvalue weighted by Gasteiger charge is 2.39. The first-order valence-corrected chi connectivity index (χ1v) is 8.36. The highest BCUT2D eigenvalue weighted by molar-refractivity contribution is 7.10. The summed E-state index contributed by atoms with van der Waals surface area (Å²) < 4.78 is 0. The molecular formula is C16H23NO3S. The molecule has 1 fully saturated rings. The molecule has 2 rings (SSSR count). The largest absolute Gasteiger partial charge is 0.481 e. The van der Waals surface area contributed by atoms with Gasteiger partial charge < -0.3 is 10.0 Å². The minimum Gasteiger partial charge on any atom is -0.481 e. The predicted molar refractivity (Wildman–Crippen MR) is 83.3 cm³/mol. The molecule has 5 heteroatoms. The molecule has 2 atom stereocenters. The van der Waals surface area contributed by atoms with Gasteiger partial charge >= 0.3 is 5.97 Å². The molecule has 2 heterocycles. The fourth-order valence-corrected chi connectivity index (χ4v) is 4.13. The molecule has 2 unspecified atom stereocenters. The highest BCUT2D eigenvalue weighted by atomic mass is 32.1. The molecule has 1 aromatic rings. The van der Waals surface area contributed by atoms with Gasteiger partial charge in [0.25, 0.3) is 0 Å². The fraction of sp³-hybridized carbons (Fsp3) is 0.625. The maximum atomic E-state index is 12.5. The smallest absolute Gasteiger partial charge is 0.308 e. The SMILES string of the molecule is Cc1ccsc1C1C(C(=O)O)CCCC(=O)N1CC(C)C. The summed E-state index contributed by atoms with van der Waals surface area (Å²) in [6.45, 7) is 6.73. The summed E-state index contributed by atoms with van der Waals surface area (Å²) in [7, 11) is 0. The summed E-state index contributed by atoms with van der Waals surface area (Å²) in [6, 6.07) is 1.68. The first-order chi connectivity index (χ1) is 9.91. The summed E-state index contributed by atoms with van der Waals surface area (Å²) in [5.41, 5.74) is 1.08. The van der Waals surface area contributed by atoms with Gasteiger partial charge in [-0.05, 0) is 42.7 Å². The summed E-state index contributed by atoms with van der Waals surface area (Å²) in [5.74, 6) is -0.890. The van der Waals surface area contributed by atoms with Crippen molar-refractivity contribution in [2.24, 2.45) is 11.8 Å². The average molecular weight is 309 g/mol. The maximum absolute atomic E-state index is 12.5. The normalized spacial score (nSPS) is 23.4. The van der Waals surface area contributed by atoms with Crippen molar-refractivity contribution >= 4 is 23.2 Å². The number of carboxylic acids is 1. The van der Waals surface area contributed by atoms with E-state index in [9.17, 15) is 14.7 Å². The van der Waals surface area contributed by atoms with Crippen LogP contribution < -0.4 is 0 Å². The third-order valence-corrected chi connectivity index (χ3v) is 5.08. The van der Waals surface area contributed by atoms with Crippen LogP contribution in [0.5, 0.6) is 0 Å². The minimum atomic E-state index is -0.795. The van der Waals surface area contributed by atoms with Crippen LogP contribution in [0.4, 0.5) is 0 Å². The summed E-state index contributed by atoms with van der Waals surface area (Å²) in [4.78, 5) is 27.0. The number of hydrogen-bond donors (Lipinski definition) is 1. The zero-order chi connectivity index (χ0) is 15.6. The van der Waals surface area contributed by atoms with Gasteiger partial charge in [0.1, 0.15) is 0 Å². The molecule has 21 heavy (non-hydrogen) atoms. The van der Waals surface area contributed by atoms with Crippen LogP contribution in [0.2, 0.25) is 0 Å². The third-order valence-electron chi connectivity index (χ3n) is 3.99. The van der Waals surface area contributed by atoms with Crippen LogP contribution in [0.15, 0.2) is 11.4 Å². The molecule has 1 N–H and O–H groups in total. The van der Waals surface area contributed by atoms with Crippen molar-refractivity contribution in [2.45, 2.75) is 46.1 Å². The van der Waals surface area contributed by atoms with Gasteiger partial charge in [0.05, 0.1) is 12.0 Å². The number of hydrogen-bond acceptors (Lipinski definition) is 3. The molecule has 1 amide bonds. The number of aliphatic carboxylic acids is 1. The van der Waals surface area contributed by atoms with Gasteiger partial charge in [0.15, 0.2) is 0 Å². The Morgan fingerprint density at radius 3 is 2.76 bits per heavy atom. The molecule has 1 aliphatic rings. The highest BCUT2D eigenvalue weighted by Crippen LogP contribution is 2.40. The first kappa shape index (κ1) is 16.0. The van der Waals surface area contributed by atoms with Crippen LogP contribution >= 0.6 is 11.3 Å². The van der Waals surface area contributed by atoms with Crippen molar-refractivity contribution in [1.82, 2.24) is 4.90 Å². The molecule has 1 aromatic heterocycles. The molecule has 0 aromatic carbocycles. The number of carboxylic acid groups (broad SMARTS) is 1. The number of amides is 1. The quantitative estimate of drug-likeness (QED) is 0.926. The molecule has 0 aliphatic carbocycles. The van der Waals surface area contributed by atoms with E-state index < -0.39 is 11.9 Å². The summed E-state index contributed by atoms with van der Waals surface area (Å²) in [6.07, 6.45) is 1.68. The lowest BCUT2D eigenvalue weighted by Gasteiger charge is -2.34. The van der Waals surface area contributed by atoms with Crippen LogP contribution in [-0.4, -0.2) is 28.4 Å². The molecule has 4 nitrogen and oxygen atoms in total. The van der Waals surface area contributed by atoms with E-state index in [2.05, 4.69) is 13.8 Å². The van der Waals surface area contributed by atoms with Crippen molar-refractivity contribution < 1.29 is 14.7 Å². The van der Waals surface area contributed by atoms with Crippen LogP contribution in [-0.2, 0) is 9.59 Å². The van der Waals surface area contributed by atoms with E-state index in [1.165, 1.54) is 0 Å². The van der Waals surface area contributed by atoms with Crippen molar-refractivity contribution in [1.29, 1.82) is 0 Å². The molecule has 0 bridgehead atoms. The Morgan fingerprint density at radius 1 is 1.52 bits per heavy atom. The van der Waals surface area contributed by atoms with Crippen molar-refractivity contribution in [3.05, 3.63) is 21.9 Å². The number of carbonyl (C=O) groups excluding carboxylic acids is 1. The average Bonchev–Trinajstić information content (AvgIpc) is 2.74. The topological polar surface area (TPSA) is 57.6 Å². The third kappa shape index (κ3) is 3.46. The van der Waals surface area contributed by atoms with Gasteiger partial charge in [-0.25, -0.2) is 0 Å². The van der Waals surface area contributed by atoms with Gasteiger partial charge in [-0.2, -0.15) is 0 Å². The second-order valence-corrected chi connectivity index (χ2v) is 7.14. The van der Waals surface area contributed by atoms with E-state index >= 15 is 0 Å². The summed E-state index contributed by atoms with van der Waals surface area (Å²) >= 11 is 1.56. The number of thiophene rings is 1. The molecule has 1 aliphatic heterocycles. The van der Waals surface area contributed by atoms with Crippen LogP contribution in [0.25, 0.3) is 0 Å². The molecular weight excluding hydrogens is 286 g/mol. The summed E-state index contributed by atoms with van der Waals surface area (Å²) in [5, 5.41) is 11.6. The number of aryl methyl sites for hydroxylation is 1. The number of carbonyl (C=O) groups is 2. The minimum absolute atomic E-state index is 0.0882. The van der Waals surface area contributed by atoms with E-state index in [0.29, 0.717) is 31.7 Å². The zero-order valence-corrected chi connectivity index (χ0v) is 13.7. The number of likely N-dealkylation sites (tertiary alicyclic amines) is 1. The lowest BCUT2D eigenvalue weighted by Crippen LogP contribution is -2.40. The van der Waals surface area contributed by atoms with Crippen LogP contribution in [0.1, 0.15) is 49.6 Å². The van der Waals surface area contributed by atoms with Crippen LogP contribution in [0.3, 0.4) is 0 Å². The Morgan fingerprint density at radius 2 is 2.24 bits per heavy atom. The second-order valence-electron chi connectivity index (χ2n) is 6.19. The van der Waals surface area contributed by atoms with Crippen LogP contribution in [0, 0.1) is 18.8 Å². The maximum Gasteiger partial charge on any atom is 0.308 e. The van der Waals surface area contributed by atoms with Crippen molar-refractivity contribution in [3.63, 3.8) is 0 Å². The molecule has 0 spiro atoms. The lowest BCUT2D eigenvalue weighted by atomic mass is 9.92. The van der Waals surface area contributed by atoms with E-state index in [4.69, 9.17) is 0 Å². The molecule has 116 valence electrons. The Balaban J connectivity index is 2.47. The Hall–Kier alpha value is -1.36. The first-order valence-electron chi connectivity index (χ1n) is 7.48. The van der Waals surface area contributed by atoms with Gasteiger partial charge in [0.2, 0.25) is 5.91 Å². The Bertz CT molecular complexity index is 523. The standard InChI is InChI=1S/C16H23NO3S/c1-10(2)9-17-13(18)6-4-5-12(16(19)20)14(17)15-11(3)7-8-21-15/h7-8,10,12,14H,4-6,9H2,1-3H3,(H,19,20). The Labute approximate surface area is 129 Å². The van der Waals surface area contributed by atoms with Gasteiger partial charge in [-0.1, -0.05) is 13.8 Å². The van der Waals surface area contributed by atoms with Gasteiger partial charge in [0, 0.05) is 17.8 Å². The van der Waals surface area contributed by atoms with Gasteiger partial charge in [-0.15, -0.1) is 11.3 Å². The van der Waals surface area contributed by atoms with Crippen molar-refractivity contribution in [3.8, 4) is 0 Å². The van der Waals surface area contributed by atoms with E-state index in [0.717, 1.165) is 10.4 Å².